The van der Waals surface area contributed by atoms with Gasteiger partial charge in [-0.3, -0.25) is 14.6 Å². The van der Waals surface area contributed by atoms with E-state index in [2.05, 4.69) is 15.4 Å². The minimum atomic E-state index is -0.277. The van der Waals surface area contributed by atoms with Crippen molar-refractivity contribution >= 4 is 40.6 Å². The maximum Gasteiger partial charge on any atom is 0.257 e. The Labute approximate surface area is 202 Å². The Morgan fingerprint density at radius 1 is 0.829 bits per heavy atom. The number of carbonyl (C=O) groups is 2. The molecule has 0 spiro atoms. The van der Waals surface area contributed by atoms with E-state index in [-0.39, 0.29) is 11.7 Å². The number of pyridine rings is 1. The Morgan fingerprint density at radius 3 is 2.49 bits per heavy atom. The van der Waals surface area contributed by atoms with Crippen molar-refractivity contribution in [2.75, 3.05) is 5.32 Å². The lowest BCUT2D eigenvalue weighted by molar-refractivity contribution is 0.102. The second kappa shape index (κ2) is 9.57. The summed E-state index contributed by atoms with van der Waals surface area (Å²) in [6, 6.07) is 24.2. The van der Waals surface area contributed by atoms with Crippen LogP contribution in [0.25, 0.3) is 23.2 Å². The lowest BCUT2D eigenvalue weighted by atomic mass is 10.0. The Hall–Kier alpha value is -4.84. The number of hydrogen-bond acceptors (Lipinski definition) is 4. The topological polar surface area (TPSA) is 76.9 Å². The number of nitrogens with zero attached hydrogens (tertiary/aromatic N) is 3. The number of carbonyl (C=O) groups excluding carboxylic acids is 2. The molecular weight excluding hydrogens is 436 g/mol. The molecule has 3 aromatic carbocycles. The average Bonchev–Trinajstić information content (AvgIpc) is 3.30. The first-order valence-corrected chi connectivity index (χ1v) is 11.2. The molecule has 0 unspecified atom stereocenters. The van der Waals surface area contributed by atoms with Gasteiger partial charge >= 0.3 is 0 Å². The first-order valence-electron chi connectivity index (χ1n) is 11.2. The number of ketones is 1. The van der Waals surface area contributed by atoms with E-state index in [9.17, 15) is 9.59 Å². The highest BCUT2D eigenvalue weighted by molar-refractivity contribution is 6.11. The van der Waals surface area contributed by atoms with Crippen LogP contribution in [0.3, 0.4) is 0 Å². The number of nitrogens with one attached hydrogen (secondary N) is 1. The molecule has 5 aromatic rings. The quantitative estimate of drug-likeness (QED) is 0.324. The summed E-state index contributed by atoms with van der Waals surface area (Å²) in [5, 5.41) is 8.21. The van der Waals surface area contributed by atoms with Crippen molar-refractivity contribution in [1.29, 1.82) is 0 Å². The van der Waals surface area contributed by atoms with Gasteiger partial charge in [-0.1, -0.05) is 54.6 Å². The van der Waals surface area contributed by atoms with Crippen LogP contribution in [-0.4, -0.2) is 26.5 Å². The van der Waals surface area contributed by atoms with Gasteiger partial charge in [-0.05, 0) is 48.4 Å². The Bertz CT molecular complexity index is 1570. The minimum absolute atomic E-state index is 0.139. The van der Waals surface area contributed by atoms with E-state index in [0.717, 1.165) is 22.0 Å². The van der Waals surface area contributed by atoms with E-state index in [1.807, 2.05) is 61.7 Å². The predicted molar refractivity (Wildman–Crippen MR) is 138 cm³/mol. The molecule has 0 atom stereocenters. The predicted octanol–water partition coefficient (Wildman–Crippen LogP) is 5.85. The molecular formula is C29H22N4O2. The molecule has 0 radical (unpaired) electrons. The number of rotatable bonds is 6. The van der Waals surface area contributed by atoms with E-state index in [0.29, 0.717) is 22.4 Å². The molecule has 0 aliphatic carbocycles. The third-order valence-corrected chi connectivity index (χ3v) is 5.59. The first-order chi connectivity index (χ1) is 17.1. The van der Waals surface area contributed by atoms with Crippen LogP contribution >= 0.6 is 0 Å². The largest absolute Gasteiger partial charge is 0.322 e. The zero-order valence-corrected chi connectivity index (χ0v) is 19.1. The van der Waals surface area contributed by atoms with Gasteiger partial charge < -0.3 is 5.32 Å². The van der Waals surface area contributed by atoms with Crippen molar-refractivity contribution in [2.45, 2.75) is 6.92 Å². The molecule has 170 valence electrons. The van der Waals surface area contributed by atoms with Crippen molar-refractivity contribution < 1.29 is 9.59 Å². The van der Waals surface area contributed by atoms with Crippen molar-refractivity contribution in [3.8, 4) is 0 Å². The minimum Gasteiger partial charge on any atom is -0.322 e. The molecule has 0 saturated carbocycles. The molecule has 1 N–H and O–H groups in total. The molecule has 0 aliphatic rings. The van der Waals surface area contributed by atoms with Crippen LogP contribution in [0, 0.1) is 6.92 Å². The molecule has 6 nitrogen and oxygen atoms in total. The van der Waals surface area contributed by atoms with E-state index in [4.69, 9.17) is 0 Å². The van der Waals surface area contributed by atoms with Crippen LogP contribution in [0.15, 0.2) is 97.5 Å². The molecule has 6 heteroatoms. The highest BCUT2D eigenvalue weighted by Crippen LogP contribution is 2.21. The van der Waals surface area contributed by atoms with Gasteiger partial charge in [-0.15, -0.1) is 0 Å². The second-order valence-electron chi connectivity index (χ2n) is 8.20. The number of aromatic nitrogens is 3. The van der Waals surface area contributed by atoms with E-state index < -0.39 is 0 Å². The van der Waals surface area contributed by atoms with Crippen LogP contribution in [0.4, 0.5) is 5.69 Å². The van der Waals surface area contributed by atoms with Gasteiger partial charge in [0.25, 0.3) is 5.91 Å². The van der Waals surface area contributed by atoms with Crippen molar-refractivity contribution in [3.05, 3.63) is 125 Å². The maximum atomic E-state index is 13.3. The van der Waals surface area contributed by atoms with Gasteiger partial charge in [0, 0.05) is 40.8 Å². The van der Waals surface area contributed by atoms with Crippen LogP contribution in [0.1, 0.15) is 37.4 Å². The van der Waals surface area contributed by atoms with Gasteiger partial charge in [0.15, 0.2) is 5.78 Å². The molecule has 0 aliphatic heterocycles. The van der Waals surface area contributed by atoms with Gasteiger partial charge in [0.1, 0.15) is 0 Å². The smallest absolute Gasteiger partial charge is 0.257 e. The van der Waals surface area contributed by atoms with Gasteiger partial charge in [-0.25, -0.2) is 4.68 Å². The molecule has 0 bridgehead atoms. The van der Waals surface area contributed by atoms with Crippen molar-refractivity contribution in [1.82, 2.24) is 14.8 Å². The van der Waals surface area contributed by atoms with Crippen molar-refractivity contribution in [2.24, 2.45) is 0 Å². The second-order valence-corrected chi connectivity index (χ2v) is 8.20. The molecule has 5 rings (SSSR count). The molecule has 1 amide bonds. The summed E-state index contributed by atoms with van der Waals surface area (Å²) >= 11 is 0. The number of benzene rings is 3. The van der Waals surface area contributed by atoms with Crippen molar-refractivity contribution in [3.63, 3.8) is 0 Å². The van der Waals surface area contributed by atoms with Crippen LogP contribution in [0.5, 0.6) is 0 Å². The normalized spacial score (nSPS) is 11.1. The number of aryl methyl sites for hydroxylation is 1. The van der Waals surface area contributed by atoms with Crippen LogP contribution in [-0.2, 0) is 0 Å². The Kier molecular flexibility index (Phi) is 6.01. The van der Waals surface area contributed by atoms with Crippen LogP contribution in [0.2, 0.25) is 0 Å². The number of amides is 1. The zero-order valence-electron chi connectivity index (χ0n) is 19.1. The summed E-state index contributed by atoms with van der Waals surface area (Å²) in [5.74, 6) is -0.415. The summed E-state index contributed by atoms with van der Waals surface area (Å²) in [5.41, 5.74) is 4.82. The summed E-state index contributed by atoms with van der Waals surface area (Å²) < 4.78 is 1.76. The monoisotopic (exact) mass is 458 g/mol. The summed E-state index contributed by atoms with van der Waals surface area (Å²) in [4.78, 5) is 29.9. The third kappa shape index (κ3) is 4.91. The third-order valence-electron chi connectivity index (χ3n) is 5.59. The van der Waals surface area contributed by atoms with E-state index >= 15 is 0 Å². The maximum absolute atomic E-state index is 13.3. The zero-order chi connectivity index (χ0) is 24.2. The molecule has 35 heavy (non-hydrogen) atoms. The first kappa shape index (κ1) is 22.0. The fourth-order valence-corrected chi connectivity index (χ4v) is 3.81. The fourth-order valence-electron chi connectivity index (χ4n) is 3.81. The average molecular weight is 459 g/mol. The lowest BCUT2D eigenvalue weighted by Gasteiger charge is -2.08. The summed E-state index contributed by atoms with van der Waals surface area (Å²) in [6.45, 7) is 1.88. The molecule has 0 saturated heterocycles. The summed E-state index contributed by atoms with van der Waals surface area (Å²) in [7, 11) is 0. The highest BCUT2D eigenvalue weighted by atomic mass is 16.1. The van der Waals surface area contributed by atoms with Gasteiger partial charge in [0.05, 0.1) is 17.3 Å². The number of hydrogen-bond donors (Lipinski definition) is 1. The van der Waals surface area contributed by atoms with Gasteiger partial charge in [-0.2, -0.15) is 5.10 Å². The van der Waals surface area contributed by atoms with E-state index in [1.54, 1.807) is 53.5 Å². The van der Waals surface area contributed by atoms with Crippen LogP contribution < -0.4 is 5.32 Å². The standard InChI is InChI=1S/C29H22N4O2/c1-20-14-25(18-30-17-20)29(35)32-26-9-5-8-22(15-26)28(34)23-10-11-24-19-31-33(27(24)16-23)13-12-21-6-3-2-4-7-21/h2-19H,1H3,(H,32,35)/b13-12+. The highest BCUT2D eigenvalue weighted by Gasteiger charge is 2.13. The number of anilines is 1. The fraction of sp³-hybridized carbons (Fsp3) is 0.0345. The van der Waals surface area contributed by atoms with Gasteiger partial charge in [0.2, 0.25) is 0 Å². The Morgan fingerprint density at radius 2 is 1.66 bits per heavy atom. The molecule has 0 fully saturated rings. The molecule has 2 aromatic heterocycles. The number of fused-ring (bicyclic) bond motifs is 1. The lowest BCUT2D eigenvalue weighted by Crippen LogP contribution is -2.13. The Balaban J connectivity index is 1.39. The molecule has 2 heterocycles. The summed E-state index contributed by atoms with van der Waals surface area (Å²) in [6.07, 6.45) is 8.83. The van der Waals surface area contributed by atoms with E-state index in [1.165, 1.54) is 6.20 Å². The SMILES string of the molecule is Cc1cncc(C(=O)Nc2cccc(C(=O)c3ccc4cnn(/C=C/c5ccccc5)c4c3)c2)c1.